The van der Waals surface area contributed by atoms with E-state index in [9.17, 15) is 4.79 Å². The Hall–Kier alpha value is -1.96. The van der Waals surface area contributed by atoms with E-state index in [2.05, 4.69) is 32.6 Å². The molecule has 0 spiro atoms. The summed E-state index contributed by atoms with van der Waals surface area (Å²) >= 11 is 13.8. The van der Waals surface area contributed by atoms with Crippen LogP contribution in [-0.2, 0) is 11.3 Å². The van der Waals surface area contributed by atoms with Gasteiger partial charge in [0.15, 0.2) is 0 Å². The fraction of sp³-hybridized carbons (Fsp3) is 0.273. The number of thiazole rings is 1. The van der Waals surface area contributed by atoms with Gasteiger partial charge in [-0.2, -0.15) is 0 Å². The first-order valence-electron chi connectivity index (χ1n) is 9.77. The summed E-state index contributed by atoms with van der Waals surface area (Å²) in [6.07, 6.45) is 0. The molecule has 1 saturated heterocycles. The van der Waals surface area contributed by atoms with Gasteiger partial charge in [-0.3, -0.25) is 14.6 Å². The van der Waals surface area contributed by atoms with E-state index in [1.165, 1.54) is 0 Å². The zero-order valence-electron chi connectivity index (χ0n) is 16.4. The van der Waals surface area contributed by atoms with Crippen molar-refractivity contribution in [3.05, 3.63) is 69.7 Å². The summed E-state index contributed by atoms with van der Waals surface area (Å²) in [6.45, 7) is 4.67. The maximum atomic E-state index is 12.4. The van der Waals surface area contributed by atoms with Crippen LogP contribution in [0.2, 0.25) is 10.0 Å². The molecule has 1 N–H and O–H groups in total. The summed E-state index contributed by atoms with van der Waals surface area (Å²) in [7, 11) is 0. The van der Waals surface area contributed by atoms with Crippen molar-refractivity contribution < 1.29 is 4.79 Å². The number of anilines is 1. The summed E-state index contributed by atoms with van der Waals surface area (Å²) in [6, 6.07) is 15.5. The Labute approximate surface area is 190 Å². The maximum Gasteiger partial charge on any atom is 0.238 e. The molecule has 1 aliphatic rings. The average molecular weight is 461 g/mol. The molecule has 8 heteroatoms. The van der Waals surface area contributed by atoms with Crippen molar-refractivity contribution in [2.45, 2.75) is 6.54 Å². The number of aromatic nitrogens is 1. The van der Waals surface area contributed by atoms with Crippen LogP contribution >= 0.6 is 34.5 Å². The SMILES string of the molecule is O=C(CN1CCN(Cc2csc(-c3ccccc3)n2)CC1)Nc1cccc(Cl)c1Cl. The van der Waals surface area contributed by atoms with E-state index in [4.69, 9.17) is 28.2 Å². The van der Waals surface area contributed by atoms with Crippen molar-refractivity contribution in [2.75, 3.05) is 38.0 Å². The van der Waals surface area contributed by atoms with Gasteiger partial charge in [0.05, 0.1) is 28.0 Å². The van der Waals surface area contributed by atoms with Gasteiger partial charge in [0.1, 0.15) is 5.01 Å². The summed E-state index contributed by atoms with van der Waals surface area (Å²) in [5.41, 5.74) is 2.80. The van der Waals surface area contributed by atoms with Gasteiger partial charge in [0, 0.05) is 43.7 Å². The van der Waals surface area contributed by atoms with E-state index in [1.54, 1.807) is 29.5 Å². The van der Waals surface area contributed by atoms with Gasteiger partial charge in [-0.15, -0.1) is 11.3 Å². The van der Waals surface area contributed by atoms with E-state index in [1.807, 2.05) is 18.2 Å². The predicted octanol–water partition coefficient (Wildman–Crippen LogP) is 4.87. The molecule has 0 bridgehead atoms. The molecule has 0 saturated carbocycles. The number of carbonyl (C=O) groups excluding carboxylic acids is 1. The number of carbonyl (C=O) groups is 1. The number of nitrogens with one attached hydrogen (secondary N) is 1. The largest absolute Gasteiger partial charge is 0.324 e. The second-order valence-corrected chi connectivity index (χ2v) is 8.86. The molecule has 0 unspecified atom stereocenters. The molecule has 156 valence electrons. The van der Waals surface area contributed by atoms with Crippen molar-refractivity contribution in [1.29, 1.82) is 0 Å². The number of piperazine rings is 1. The zero-order valence-corrected chi connectivity index (χ0v) is 18.7. The molecular formula is C22H22Cl2N4OS. The van der Waals surface area contributed by atoms with Crippen molar-refractivity contribution in [2.24, 2.45) is 0 Å². The number of rotatable bonds is 6. The lowest BCUT2D eigenvalue weighted by Crippen LogP contribution is -2.48. The van der Waals surface area contributed by atoms with Crippen molar-refractivity contribution in [3.63, 3.8) is 0 Å². The highest BCUT2D eigenvalue weighted by Crippen LogP contribution is 2.29. The maximum absolute atomic E-state index is 12.4. The Balaban J connectivity index is 1.25. The molecule has 1 fully saturated rings. The quantitative estimate of drug-likeness (QED) is 0.569. The van der Waals surface area contributed by atoms with Gasteiger partial charge in [0.2, 0.25) is 5.91 Å². The molecule has 5 nitrogen and oxygen atoms in total. The van der Waals surface area contributed by atoms with E-state index >= 15 is 0 Å². The molecule has 0 atom stereocenters. The standard InChI is InChI=1S/C22H22Cl2N4OS/c23-18-7-4-8-19(21(18)24)26-20(29)14-28-11-9-27(10-12-28)13-17-15-30-22(25-17)16-5-2-1-3-6-16/h1-8,15H,9-14H2,(H,26,29). The lowest BCUT2D eigenvalue weighted by molar-refractivity contribution is -0.117. The Morgan fingerprint density at radius 1 is 1.00 bits per heavy atom. The summed E-state index contributed by atoms with van der Waals surface area (Å²) in [5, 5.41) is 6.84. The van der Waals surface area contributed by atoms with Gasteiger partial charge < -0.3 is 5.32 Å². The smallest absolute Gasteiger partial charge is 0.238 e. The second-order valence-electron chi connectivity index (χ2n) is 7.21. The van der Waals surface area contributed by atoms with E-state index < -0.39 is 0 Å². The van der Waals surface area contributed by atoms with Crippen LogP contribution in [0.15, 0.2) is 53.9 Å². The lowest BCUT2D eigenvalue weighted by Gasteiger charge is -2.33. The molecule has 0 aliphatic carbocycles. The third kappa shape index (κ3) is 5.39. The Morgan fingerprint density at radius 2 is 1.73 bits per heavy atom. The third-order valence-electron chi connectivity index (χ3n) is 5.02. The molecule has 3 aromatic rings. The first-order chi connectivity index (χ1) is 14.6. The number of halogens is 2. The summed E-state index contributed by atoms with van der Waals surface area (Å²) < 4.78 is 0. The Morgan fingerprint density at radius 3 is 2.50 bits per heavy atom. The molecule has 2 heterocycles. The monoisotopic (exact) mass is 460 g/mol. The van der Waals surface area contributed by atoms with Crippen LogP contribution in [0.1, 0.15) is 5.69 Å². The predicted molar refractivity (Wildman–Crippen MR) is 124 cm³/mol. The van der Waals surface area contributed by atoms with Gasteiger partial charge >= 0.3 is 0 Å². The molecule has 2 aromatic carbocycles. The number of benzene rings is 2. The molecule has 1 amide bonds. The van der Waals surface area contributed by atoms with Gasteiger partial charge in [-0.25, -0.2) is 4.98 Å². The fourth-order valence-corrected chi connectivity index (χ4v) is 4.59. The minimum absolute atomic E-state index is 0.0837. The molecule has 0 radical (unpaired) electrons. The number of hydrogen-bond donors (Lipinski definition) is 1. The number of hydrogen-bond acceptors (Lipinski definition) is 5. The minimum atomic E-state index is -0.0837. The average Bonchev–Trinajstić information content (AvgIpc) is 3.22. The first-order valence-corrected chi connectivity index (χ1v) is 11.4. The van der Waals surface area contributed by atoms with Crippen LogP contribution in [0, 0.1) is 0 Å². The second kappa shape index (κ2) is 9.90. The van der Waals surface area contributed by atoms with E-state index in [0.29, 0.717) is 22.3 Å². The van der Waals surface area contributed by atoms with Gasteiger partial charge in [-0.1, -0.05) is 59.6 Å². The fourth-order valence-electron chi connectivity index (χ4n) is 3.42. The highest BCUT2D eigenvalue weighted by Gasteiger charge is 2.20. The number of amides is 1. The number of nitrogens with zero attached hydrogens (tertiary/aromatic N) is 3. The lowest BCUT2D eigenvalue weighted by atomic mass is 10.2. The van der Waals surface area contributed by atoms with Crippen LogP contribution in [0.3, 0.4) is 0 Å². The highest BCUT2D eigenvalue weighted by atomic mass is 35.5. The van der Waals surface area contributed by atoms with Crippen LogP contribution in [0.5, 0.6) is 0 Å². The molecular weight excluding hydrogens is 439 g/mol. The van der Waals surface area contributed by atoms with Crippen LogP contribution in [0.25, 0.3) is 10.6 Å². The summed E-state index contributed by atoms with van der Waals surface area (Å²) in [5.74, 6) is -0.0837. The van der Waals surface area contributed by atoms with Crippen LogP contribution < -0.4 is 5.32 Å². The molecule has 4 rings (SSSR count). The summed E-state index contributed by atoms with van der Waals surface area (Å²) in [4.78, 5) is 21.7. The third-order valence-corrected chi connectivity index (χ3v) is 6.77. The van der Waals surface area contributed by atoms with Crippen LogP contribution in [-0.4, -0.2) is 53.4 Å². The normalized spacial score (nSPS) is 15.3. The van der Waals surface area contributed by atoms with Crippen molar-refractivity contribution >= 4 is 46.1 Å². The topological polar surface area (TPSA) is 48.5 Å². The zero-order chi connectivity index (χ0) is 20.9. The first kappa shape index (κ1) is 21.3. The molecule has 30 heavy (non-hydrogen) atoms. The van der Waals surface area contributed by atoms with E-state index in [0.717, 1.165) is 49.0 Å². The minimum Gasteiger partial charge on any atom is -0.324 e. The highest BCUT2D eigenvalue weighted by molar-refractivity contribution is 7.13. The van der Waals surface area contributed by atoms with Crippen molar-refractivity contribution in [1.82, 2.24) is 14.8 Å². The van der Waals surface area contributed by atoms with Gasteiger partial charge in [-0.05, 0) is 12.1 Å². The molecule has 1 aromatic heterocycles. The van der Waals surface area contributed by atoms with Gasteiger partial charge in [0.25, 0.3) is 0 Å². The van der Waals surface area contributed by atoms with E-state index in [-0.39, 0.29) is 5.91 Å². The van der Waals surface area contributed by atoms with Crippen LogP contribution in [0.4, 0.5) is 5.69 Å². The molecule has 1 aliphatic heterocycles. The van der Waals surface area contributed by atoms with Crippen molar-refractivity contribution in [3.8, 4) is 10.6 Å². The Bertz CT molecular complexity index is 1000. The Kier molecular flexibility index (Phi) is 7.02.